The minimum absolute atomic E-state index is 0.122. The van der Waals surface area contributed by atoms with E-state index in [-0.39, 0.29) is 11.5 Å². The second-order valence-corrected chi connectivity index (χ2v) is 6.32. The van der Waals surface area contributed by atoms with Crippen LogP contribution in [0, 0.1) is 16.7 Å². The van der Waals surface area contributed by atoms with Crippen molar-refractivity contribution >= 4 is 33.0 Å². The molecule has 4 aromatic rings. The van der Waals surface area contributed by atoms with Crippen LogP contribution in [-0.2, 0) is 0 Å². The Morgan fingerprint density at radius 1 is 0.815 bits per heavy atom. The molecule has 3 heteroatoms. The summed E-state index contributed by atoms with van der Waals surface area (Å²) >= 11 is 0. The first-order valence-electron chi connectivity index (χ1n) is 8.58. The number of nitroso groups, excluding NO2 is 1. The standard InChI is InChI=1S/C24H15NO2/c1-16(26)20-12-10-17(14-24(20)25-27)11-13-23-21-8-4-2-6-18(21)15-19-7-3-5-9-22(19)23/h2-10,12,14-15H,1H3. The topological polar surface area (TPSA) is 46.5 Å². The lowest BCUT2D eigenvalue weighted by molar-refractivity contribution is 0.101. The Bertz CT molecular complexity index is 1220. The lowest BCUT2D eigenvalue weighted by Crippen LogP contribution is -1.92. The van der Waals surface area contributed by atoms with Crippen molar-refractivity contribution in [2.75, 3.05) is 0 Å². The Morgan fingerprint density at radius 2 is 1.44 bits per heavy atom. The summed E-state index contributed by atoms with van der Waals surface area (Å²) in [7, 11) is 0. The number of nitrogens with zero attached hydrogens (tertiary/aromatic N) is 1. The van der Waals surface area contributed by atoms with E-state index in [1.165, 1.54) is 6.92 Å². The van der Waals surface area contributed by atoms with Gasteiger partial charge in [0.2, 0.25) is 0 Å². The van der Waals surface area contributed by atoms with Crippen molar-refractivity contribution < 1.29 is 4.79 Å². The summed E-state index contributed by atoms with van der Waals surface area (Å²) in [5.74, 6) is 6.20. The molecule has 4 rings (SSSR count). The van der Waals surface area contributed by atoms with E-state index in [4.69, 9.17) is 0 Å². The predicted octanol–water partition coefficient (Wildman–Crippen LogP) is 5.99. The van der Waals surface area contributed by atoms with Crippen LogP contribution in [0.5, 0.6) is 0 Å². The molecule has 128 valence electrons. The number of ketones is 1. The molecule has 0 saturated heterocycles. The molecule has 0 N–H and O–H groups in total. The molecule has 0 aliphatic carbocycles. The molecule has 0 aliphatic heterocycles. The Hall–Kier alpha value is -3.77. The lowest BCUT2D eigenvalue weighted by atomic mass is 9.97. The van der Waals surface area contributed by atoms with Gasteiger partial charge in [-0.2, -0.15) is 0 Å². The van der Waals surface area contributed by atoms with Gasteiger partial charge in [0.1, 0.15) is 5.69 Å². The van der Waals surface area contributed by atoms with Crippen LogP contribution in [-0.4, -0.2) is 5.78 Å². The molecule has 0 heterocycles. The SMILES string of the molecule is CC(=O)c1ccc(C#Cc2c3ccccc3cc3ccccc23)cc1N=O. The summed E-state index contributed by atoms with van der Waals surface area (Å²) in [5, 5.41) is 7.39. The zero-order chi connectivity index (χ0) is 18.8. The number of fused-ring (bicyclic) bond motifs is 2. The Morgan fingerprint density at radius 3 is 2.04 bits per heavy atom. The predicted molar refractivity (Wildman–Crippen MR) is 109 cm³/mol. The van der Waals surface area contributed by atoms with Crippen LogP contribution in [0.4, 0.5) is 5.69 Å². The minimum Gasteiger partial charge on any atom is -0.294 e. The summed E-state index contributed by atoms with van der Waals surface area (Å²) in [6, 6.07) is 23.3. The maximum Gasteiger partial charge on any atom is 0.162 e. The van der Waals surface area contributed by atoms with Gasteiger partial charge in [-0.05, 0) is 57.9 Å². The smallest absolute Gasteiger partial charge is 0.162 e. The summed E-state index contributed by atoms with van der Waals surface area (Å²) in [6.07, 6.45) is 0. The van der Waals surface area contributed by atoms with Crippen molar-refractivity contribution in [3.05, 3.63) is 94.4 Å². The van der Waals surface area contributed by atoms with Crippen LogP contribution in [0.15, 0.2) is 78.0 Å². The van der Waals surface area contributed by atoms with Gasteiger partial charge in [0, 0.05) is 16.7 Å². The zero-order valence-electron chi connectivity index (χ0n) is 14.7. The summed E-state index contributed by atoms with van der Waals surface area (Å²) in [5.41, 5.74) is 2.02. The van der Waals surface area contributed by atoms with Crippen molar-refractivity contribution in [2.45, 2.75) is 6.92 Å². The van der Waals surface area contributed by atoms with Crippen molar-refractivity contribution in [2.24, 2.45) is 5.18 Å². The molecule has 0 aliphatic rings. The van der Waals surface area contributed by atoms with E-state index >= 15 is 0 Å². The Balaban J connectivity index is 1.92. The zero-order valence-corrected chi connectivity index (χ0v) is 14.7. The van der Waals surface area contributed by atoms with Crippen molar-refractivity contribution in [3.8, 4) is 11.8 Å². The van der Waals surface area contributed by atoms with Gasteiger partial charge in [0.15, 0.2) is 5.78 Å². The summed E-state index contributed by atoms with van der Waals surface area (Å²) in [6.45, 7) is 1.41. The van der Waals surface area contributed by atoms with Crippen LogP contribution in [0.25, 0.3) is 21.5 Å². The highest BCUT2D eigenvalue weighted by Gasteiger charge is 2.08. The van der Waals surface area contributed by atoms with Crippen LogP contribution in [0.2, 0.25) is 0 Å². The van der Waals surface area contributed by atoms with Gasteiger partial charge in [-0.25, -0.2) is 0 Å². The molecule has 0 amide bonds. The molecule has 0 unspecified atom stereocenters. The van der Waals surface area contributed by atoms with Gasteiger partial charge in [-0.3, -0.25) is 4.79 Å². The van der Waals surface area contributed by atoms with Gasteiger partial charge in [0.05, 0.1) is 0 Å². The molecule has 4 aromatic carbocycles. The van der Waals surface area contributed by atoms with Crippen molar-refractivity contribution in [1.82, 2.24) is 0 Å². The number of carbonyl (C=O) groups is 1. The number of hydrogen-bond acceptors (Lipinski definition) is 3. The molecular weight excluding hydrogens is 334 g/mol. The van der Waals surface area contributed by atoms with Crippen molar-refractivity contribution in [3.63, 3.8) is 0 Å². The minimum atomic E-state index is -0.191. The molecule has 0 bridgehead atoms. The highest BCUT2D eigenvalue weighted by molar-refractivity contribution is 6.04. The third-order valence-electron chi connectivity index (χ3n) is 4.58. The number of carbonyl (C=O) groups excluding carboxylic acids is 1. The first kappa shape index (κ1) is 16.7. The van der Waals surface area contributed by atoms with Gasteiger partial charge in [0.25, 0.3) is 0 Å². The Labute approximate surface area is 156 Å². The van der Waals surface area contributed by atoms with Crippen LogP contribution >= 0.6 is 0 Å². The Kier molecular flexibility index (Phi) is 4.24. The number of benzene rings is 4. The van der Waals surface area contributed by atoms with E-state index in [1.807, 2.05) is 24.3 Å². The second kappa shape index (κ2) is 6.86. The van der Waals surface area contributed by atoms with Gasteiger partial charge in [-0.1, -0.05) is 60.4 Å². The van der Waals surface area contributed by atoms with E-state index in [2.05, 4.69) is 47.3 Å². The molecular formula is C24H15NO2. The van der Waals surface area contributed by atoms with E-state index in [0.717, 1.165) is 27.1 Å². The molecule has 0 radical (unpaired) electrons. The fourth-order valence-corrected chi connectivity index (χ4v) is 3.27. The highest BCUT2D eigenvalue weighted by Crippen LogP contribution is 2.28. The first-order valence-corrected chi connectivity index (χ1v) is 8.58. The highest BCUT2D eigenvalue weighted by atomic mass is 16.3. The lowest BCUT2D eigenvalue weighted by Gasteiger charge is -2.06. The third kappa shape index (κ3) is 3.09. The van der Waals surface area contributed by atoms with Gasteiger partial charge in [-0.15, -0.1) is 4.91 Å². The van der Waals surface area contributed by atoms with Crippen LogP contribution < -0.4 is 0 Å². The normalized spacial score (nSPS) is 10.4. The van der Waals surface area contributed by atoms with E-state index in [0.29, 0.717) is 11.1 Å². The molecule has 0 aromatic heterocycles. The van der Waals surface area contributed by atoms with Gasteiger partial charge >= 0.3 is 0 Å². The second-order valence-electron chi connectivity index (χ2n) is 6.32. The average Bonchev–Trinajstić information content (AvgIpc) is 2.70. The van der Waals surface area contributed by atoms with Crippen LogP contribution in [0.1, 0.15) is 28.4 Å². The molecule has 27 heavy (non-hydrogen) atoms. The number of rotatable bonds is 2. The van der Waals surface area contributed by atoms with E-state index < -0.39 is 0 Å². The number of Topliss-reactive ketones (excluding diaryl/α,β-unsaturated/α-hetero) is 1. The molecule has 0 saturated carbocycles. The molecule has 0 spiro atoms. The van der Waals surface area contributed by atoms with Crippen molar-refractivity contribution in [1.29, 1.82) is 0 Å². The van der Waals surface area contributed by atoms with Gasteiger partial charge < -0.3 is 0 Å². The summed E-state index contributed by atoms with van der Waals surface area (Å²) < 4.78 is 0. The fourth-order valence-electron chi connectivity index (χ4n) is 3.27. The third-order valence-corrected chi connectivity index (χ3v) is 4.58. The van der Waals surface area contributed by atoms with Crippen LogP contribution in [0.3, 0.4) is 0 Å². The number of hydrogen-bond donors (Lipinski definition) is 0. The largest absolute Gasteiger partial charge is 0.294 e. The fraction of sp³-hybridized carbons (Fsp3) is 0.0417. The maximum absolute atomic E-state index is 11.6. The maximum atomic E-state index is 11.6. The van der Waals surface area contributed by atoms with E-state index in [9.17, 15) is 9.70 Å². The first-order chi connectivity index (χ1) is 13.2. The molecule has 3 nitrogen and oxygen atoms in total. The average molecular weight is 349 g/mol. The molecule has 0 fully saturated rings. The molecule has 0 atom stereocenters. The monoisotopic (exact) mass is 349 g/mol. The summed E-state index contributed by atoms with van der Waals surface area (Å²) in [4.78, 5) is 22.6. The van der Waals surface area contributed by atoms with E-state index in [1.54, 1.807) is 18.2 Å². The quantitative estimate of drug-likeness (QED) is 0.193.